The van der Waals surface area contributed by atoms with Gasteiger partial charge in [-0.3, -0.25) is 9.59 Å². The van der Waals surface area contributed by atoms with Crippen molar-refractivity contribution in [2.75, 3.05) is 6.54 Å². The van der Waals surface area contributed by atoms with Gasteiger partial charge in [-0.05, 0) is 40.6 Å². The van der Waals surface area contributed by atoms with Crippen molar-refractivity contribution in [2.45, 2.75) is 12.5 Å². The van der Waals surface area contributed by atoms with Crippen molar-refractivity contribution in [1.82, 2.24) is 10.6 Å². The van der Waals surface area contributed by atoms with Crippen molar-refractivity contribution in [2.24, 2.45) is 0 Å². The summed E-state index contributed by atoms with van der Waals surface area (Å²) in [5.41, 5.74) is 1.41. The average Bonchev–Trinajstić information content (AvgIpc) is 3.34. The van der Waals surface area contributed by atoms with Crippen LogP contribution in [0.4, 0.5) is 4.39 Å². The van der Waals surface area contributed by atoms with E-state index in [0.717, 1.165) is 10.4 Å². The number of hydrogen-bond donors (Lipinski definition) is 2. The minimum Gasteiger partial charge on any atom is -0.351 e. The van der Waals surface area contributed by atoms with Gasteiger partial charge in [0.05, 0.1) is 6.04 Å². The fourth-order valence-corrected chi connectivity index (χ4v) is 3.89. The van der Waals surface area contributed by atoms with Gasteiger partial charge in [0.15, 0.2) is 0 Å². The van der Waals surface area contributed by atoms with Gasteiger partial charge in [-0.15, -0.1) is 11.3 Å². The third kappa shape index (κ3) is 4.77. The molecule has 0 saturated heterocycles. The summed E-state index contributed by atoms with van der Waals surface area (Å²) in [6.45, 7) is 0.251. The zero-order valence-electron chi connectivity index (χ0n) is 13.8. The number of carbonyl (C=O) groups excluding carboxylic acids is 2. The van der Waals surface area contributed by atoms with Crippen LogP contribution in [0.1, 0.15) is 33.3 Å². The summed E-state index contributed by atoms with van der Waals surface area (Å²) < 4.78 is 13.2. The molecule has 0 saturated carbocycles. The Kier molecular flexibility index (Phi) is 6.14. The molecule has 2 amide bonds. The molecule has 3 rings (SSSR count). The molecule has 4 nitrogen and oxygen atoms in total. The minimum absolute atomic E-state index is 0.166. The summed E-state index contributed by atoms with van der Waals surface area (Å²) in [6, 6.07) is 11.3. The van der Waals surface area contributed by atoms with Crippen LogP contribution in [-0.4, -0.2) is 18.4 Å². The zero-order chi connectivity index (χ0) is 18.4. The maximum Gasteiger partial charge on any atom is 0.252 e. The molecule has 7 heteroatoms. The van der Waals surface area contributed by atoms with E-state index in [-0.39, 0.29) is 36.6 Å². The van der Waals surface area contributed by atoms with Crippen molar-refractivity contribution >= 4 is 34.5 Å². The van der Waals surface area contributed by atoms with Crippen molar-refractivity contribution in [3.05, 3.63) is 80.4 Å². The van der Waals surface area contributed by atoms with Crippen LogP contribution in [0.3, 0.4) is 0 Å². The summed E-state index contributed by atoms with van der Waals surface area (Å²) in [5.74, 6) is -0.688. The van der Waals surface area contributed by atoms with E-state index in [9.17, 15) is 14.0 Å². The molecule has 134 valence electrons. The van der Waals surface area contributed by atoms with E-state index in [1.165, 1.54) is 34.8 Å². The second-order valence-electron chi connectivity index (χ2n) is 5.59. The van der Waals surface area contributed by atoms with Crippen LogP contribution in [0.25, 0.3) is 0 Å². The predicted octanol–water partition coefficient (Wildman–Crippen LogP) is 3.97. The van der Waals surface area contributed by atoms with Gasteiger partial charge < -0.3 is 10.6 Å². The topological polar surface area (TPSA) is 58.2 Å². The Morgan fingerprint density at radius 2 is 1.88 bits per heavy atom. The van der Waals surface area contributed by atoms with E-state index in [1.54, 1.807) is 23.6 Å². The predicted molar refractivity (Wildman–Crippen MR) is 102 cm³/mol. The maximum atomic E-state index is 13.2. The number of amides is 2. The summed E-state index contributed by atoms with van der Waals surface area (Å²) in [4.78, 5) is 25.2. The third-order valence-electron chi connectivity index (χ3n) is 3.76. The van der Waals surface area contributed by atoms with E-state index < -0.39 is 0 Å². The summed E-state index contributed by atoms with van der Waals surface area (Å²) in [6.07, 6.45) is 0.166. The maximum absolute atomic E-state index is 13.2. The normalized spacial score (nSPS) is 11.7. The second kappa shape index (κ2) is 8.73. The number of nitrogens with one attached hydrogen (secondary N) is 2. The monoisotopic (exact) mass is 388 g/mol. The standard InChI is InChI=1S/C19H17FN2O2S2/c20-15-5-3-13(4-6-15)18(16-2-1-10-26-16)22-17(23)7-9-21-19(24)14-8-11-25-12-14/h1-6,8,10-12,18H,7,9H2,(H,21,24)(H,22,23). The van der Waals surface area contributed by atoms with Gasteiger partial charge in [-0.2, -0.15) is 11.3 Å². The van der Waals surface area contributed by atoms with Crippen LogP contribution in [0.15, 0.2) is 58.6 Å². The molecular weight excluding hydrogens is 371 g/mol. The van der Waals surface area contributed by atoms with E-state index in [0.29, 0.717) is 5.56 Å². The SMILES string of the molecule is O=C(CCNC(=O)c1ccsc1)NC(c1ccc(F)cc1)c1cccs1. The van der Waals surface area contributed by atoms with Gasteiger partial charge in [-0.1, -0.05) is 18.2 Å². The lowest BCUT2D eigenvalue weighted by Gasteiger charge is -2.18. The van der Waals surface area contributed by atoms with Crippen molar-refractivity contribution in [3.8, 4) is 0 Å². The molecule has 2 heterocycles. The molecule has 3 aromatic rings. The van der Waals surface area contributed by atoms with Crippen LogP contribution in [0, 0.1) is 5.82 Å². The quantitative estimate of drug-likeness (QED) is 0.643. The Morgan fingerprint density at radius 1 is 1.08 bits per heavy atom. The highest BCUT2D eigenvalue weighted by Gasteiger charge is 2.18. The van der Waals surface area contributed by atoms with Crippen LogP contribution in [0.5, 0.6) is 0 Å². The van der Waals surface area contributed by atoms with Crippen molar-refractivity contribution in [1.29, 1.82) is 0 Å². The van der Waals surface area contributed by atoms with Gasteiger partial charge in [0, 0.05) is 28.8 Å². The minimum atomic E-state index is -0.337. The lowest BCUT2D eigenvalue weighted by atomic mass is 10.1. The number of rotatable bonds is 7. The Labute approximate surface area is 158 Å². The molecule has 1 unspecified atom stereocenters. The summed E-state index contributed by atoms with van der Waals surface area (Å²) in [7, 11) is 0. The molecule has 0 radical (unpaired) electrons. The molecule has 0 aliphatic heterocycles. The zero-order valence-corrected chi connectivity index (χ0v) is 15.4. The summed E-state index contributed by atoms with van der Waals surface area (Å²) >= 11 is 2.97. The fraction of sp³-hybridized carbons (Fsp3) is 0.158. The number of halogens is 1. The molecule has 0 fully saturated rings. The van der Waals surface area contributed by atoms with E-state index in [4.69, 9.17) is 0 Å². The van der Waals surface area contributed by atoms with Crippen LogP contribution < -0.4 is 10.6 Å². The average molecular weight is 388 g/mol. The first-order chi connectivity index (χ1) is 12.6. The van der Waals surface area contributed by atoms with Crippen LogP contribution >= 0.6 is 22.7 Å². The number of benzene rings is 1. The van der Waals surface area contributed by atoms with Gasteiger partial charge in [-0.25, -0.2) is 4.39 Å². The smallest absolute Gasteiger partial charge is 0.252 e. The number of hydrogen-bond acceptors (Lipinski definition) is 4. The van der Waals surface area contributed by atoms with Gasteiger partial charge >= 0.3 is 0 Å². The van der Waals surface area contributed by atoms with Gasteiger partial charge in [0.25, 0.3) is 5.91 Å². The van der Waals surface area contributed by atoms with Gasteiger partial charge in [0.1, 0.15) is 5.82 Å². The molecule has 0 aliphatic carbocycles. The lowest BCUT2D eigenvalue weighted by molar-refractivity contribution is -0.121. The molecule has 1 aromatic carbocycles. The lowest BCUT2D eigenvalue weighted by Crippen LogP contribution is -2.33. The molecule has 0 aliphatic rings. The van der Waals surface area contributed by atoms with E-state index in [1.807, 2.05) is 22.9 Å². The molecular formula is C19H17FN2O2S2. The highest BCUT2D eigenvalue weighted by molar-refractivity contribution is 7.10. The molecule has 0 bridgehead atoms. The Balaban J connectivity index is 1.59. The highest BCUT2D eigenvalue weighted by atomic mass is 32.1. The largest absolute Gasteiger partial charge is 0.351 e. The Morgan fingerprint density at radius 3 is 2.54 bits per heavy atom. The van der Waals surface area contributed by atoms with Crippen molar-refractivity contribution in [3.63, 3.8) is 0 Å². The molecule has 2 aromatic heterocycles. The fourth-order valence-electron chi connectivity index (χ4n) is 2.45. The Bertz CT molecular complexity index is 846. The molecule has 1 atom stereocenters. The van der Waals surface area contributed by atoms with E-state index in [2.05, 4.69) is 10.6 Å². The first-order valence-electron chi connectivity index (χ1n) is 8.02. The Hall–Kier alpha value is -2.51. The molecule has 26 heavy (non-hydrogen) atoms. The molecule has 2 N–H and O–H groups in total. The van der Waals surface area contributed by atoms with Crippen LogP contribution in [-0.2, 0) is 4.79 Å². The van der Waals surface area contributed by atoms with Crippen molar-refractivity contribution < 1.29 is 14.0 Å². The van der Waals surface area contributed by atoms with Crippen LogP contribution in [0.2, 0.25) is 0 Å². The molecule has 0 spiro atoms. The number of thiophene rings is 2. The second-order valence-corrected chi connectivity index (χ2v) is 7.34. The highest BCUT2D eigenvalue weighted by Crippen LogP contribution is 2.26. The van der Waals surface area contributed by atoms with Gasteiger partial charge in [0.2, 0.25) is 5.91 Å². The first kappa shape index (κ1) is 18.3. The third-order valence-corrected chi connectivity index (χ3v) is 5.38. The number of carbonyl (C=O) groups is 2. The summed E-state index contributed by atoms with van der Waals surface area (Å²) in [5, 5.41) is 11.2. The first-order valence-corrected chi connectivity index (χ1v) is 9.84. The van der Waals surface area contributed by atoms with E-state index >= 15 is 0 Å².